The van der Waals surface area contributed by atoms with E-state index in [2.05, 4.69) is 4.98 Å². The number of halogens is 4. The van der Waals surface area contributed by atoms with Crippen molar-refractivity contribution >= 4 is 33.4 Å². The average Bonchev–Trinajstić information content (AvgIpc) is 3.47. The van der Waals surface area contributed by atoms with E-state index in [1.165, 1.54) is 23.5 Å². The number of hydrogen-bond acceptors (Lipinski definition) is 6. The molecule has 266 valence electrons. The van der Waals surface area contributed by atoms with Gasteiger partial charge in [0.2, 0.25) is 10.0 Å². The number of aromatic nitrogens is 2. The van der Waals surface area contributed by atoms with E-state index < -0.39 is 37.8 Å². The molecule has 0 aliphatic carbocycles. The molecule has 1 N–H and O–H groups in total. The van der Waals surface area contributed by atoms with Gasteiger partial charge in [-0.25, -0.2) is 26.6 Å². The van der Waals surface area contributed by atoms with Crippen molar-refractivity contribution in [3.63, 3.8) is 0 Å². The standard InChI is InChI=1S/C35H43ClF3N4O4S2/c1-35(2,24-9-14-29(36)32(19-24)47-6)33-22-40-34(42(33)26-12-10-25(37)11-13-26)48-23-28-30(38)20-27(21-31(28)39)49(45,46)41(16-8-18-44)15-7-17-43(3,4)5/h9-14,19-22,44H,7-8,15-18,23H2,1-6H3/q+1. The predicted octanol–water partition coefficient (Wildman–Crippen LogP) is 7.04. The second kappa shape index (κ2) is 15.9. The maximum absolute atomic E-state index is 15.6. The van der Waals surface area contributed by atoms with Crippen molar-refractivity contribution in [1.29, 1.82) is 0 Å². The molecule has 0 saturated heterocycles. The van der Waals surface area contributed by atoms with Crippen LogP contribution in [0.4, 0.5) is 13.2 Å². The van der Waals surface area contributed by atoms with Crippen molar-refractivity contribution < 1.29 is 35.9 Å². The van der Waals surface area contributed by atoms with Gasteiger partial charge in [-0.2, -0.15) is 4.31 Å². The highest BCUT2D eigenvalue weighted by atomic mass is 35.5. The number of aliphatic hydroxyl groups excluding tert-OH is 1. The number of ether oxygens (including phenoxy) is 1. The summed E-state index contributed by atoms with van der Waals surface area (Å²) in [6, 6.07) is 12.9. The fraction of sp³-hybridized carbons (Fsp3) is 0.400. The molecule has 0 saturated carbocycles. The fourth-order valence-corrected chi connectivity index (χ4v) is 8.13. The average molecular weight is 740 g/mol. The van der Waals surface area contributed by atoms with Crippen LogP contribution < -0.4 is 4.74 Å². The second-order valence-electron chi connectivity index (χ2n) is 13.2. The number of nitrogens with zero attached hydrogens (tertiary/aromatic N) is 4. The Balaban J connectivity index is 1.67. The van der Waals surface area contributed by atoms with Crippen molar-refractivity contribution in [1.82, 2.24) is 13.9 Å². The van der Waals surface area contributed by atoms with Crippen LogP contribution >= 0.6 is 23.4 Å². The Kier molecular flexibility index (Phi) is 12.5. The van der Waals surface area contributed by atoms with Crippen molar-refractivity contribution in [3.8, 4) is 11.4 Å². The number of hydrogen-bond donors (Lipinski definition) is 1. The van der Waals surface area contributed by atoms with Crippen LogP contribution in [0.1, 0.15) is 43.5 Å². The van der Waals surface area contributed by atoms with Crippen LogP contribution in [-0.2, 0) is 21.2 Å². The number of quaternary nitrogens is 1. The number of sulfonamides is 1. The lowest BCUT2D eigenvalue weighted by Gasteiger charge is -2.28. The molecule has 0 fully saturated rings. The number of benzene rings is 3. The maximum atomic E-state index is 15.6. The zero-order valence-electron chi connectivity index (χ0n) is 28.5. The highest BCUT2D eigenvalue weighted by Crippen LogP contribution is 2.39. The molecule has 0 radical (unpaired) electrons. The van der Waals surface area contributed by atoms with E-state index in [1.807, 2.05) is 47.1 Å². The van der Waals surface area contributed by atoms with Gasteiger partial charge in [-0.3, -0.25) is 4.57 Å². The largest absolute Gasteiger partial charge is 0.495 e. The third-order valence-corrected chi connectivity index (χ3v) is 11.4. The Morgan fingerprint density at radius 2 is 1.63 bits per heavy atom. The molecule has 49 heavy (non-hydrogen) atoms. The van der Waals surface area contributed by atoms with Gasteiger partial charge in [0.25, 0.3) is 0 Å². The lowest BCUT2D eigenvalue weighted by Crippen LogP contribution is -2.39. The first-order valence-corrected chi connectivity index (χ1v) is 18.5. The minimum absolute atomic E-state index is 0.0182. The molecular formula is C35H43ClF3N4O4S2+. The molecule has 1 aromatic heterocycles. The molecular weight excluding hydrogens is 697 g/mol. The SMILES string of the molecule is COc1cc(C(C)(C)c2cnc(SCc3c(F)cc(S(=O)(=O)N(CCCO)CCC[N+](C)(C)C)cc3F)n2-c2ccc(F)cc2)ccc1Cl. The Morgan fingerprint density at radius 1 is 1.00 bits per heavy atom. The molecule has 0 atom stereocenters. The first kappa shape index (κ1) is 38.7. The quantitative estimate of drug-likeness (QED) is 0.0981. The van der Waals surface area contributed by atoms with E-state index in [0.29, 0.717) is 44.8 Å². The summed E-state index contributed by atoms with van der Waals surface area (Å²) in [5.74, 6) is -2.15. The van der Waals surface area contributed by atoms with Gasteiger partial charge in [-0.1, -0.05) is 43.3 Å². The third kappa shape index (κ3) is 9.19. The number of rotatable bonds is 16. The number of methoxy groups -OCH3 is 1. The van der Waals surface area contributed by atoms with Crippen LogP contribution in [0.25, 0.3) is 5.69 Å². The van der Waals surface area contributed by atoms with Crippen molar-refractivity contribution in [3.05, 3.63) is 100 Å². The molecule has 0 bridgehead atoms. The van der Waals surface area contributed by atoms with Gasteiger partial charge in [0.15, 0.2) is 5.16 Å². The van der Waals surface area contributed by atoms with Gasteiger partial charge in [0.1, 0.15) is 23.2 Å². The topological polar surface area (TPSA) is 84.7 Å². The summed E-state index contributed by atoms with van der Waals surface area (Å²) in [5, 5.41) is 10.2. The van der Waals surface area contributed by atoms with Crippen molar-refractivity contribution in [2.45, 2.75) is 47.9 Å². The summed E-state index contributed by atoms with van der Waals surface area (Å²) < 4.78 is 81.2. The Bertz CT molecular complexity index is 1840. The van der Waals surface area contributed by atoms with Crippen molar-refractivity contribution in [2.24, 2.45) is 0 Å². The normalized spacial score (nSPS) is 12.6. The number of aliphatic hydroxyl groups is 1. The van der Waals surface area contributed by atoms with E-state index in [-0.39, 0.29) is 37.4 Å². The molecule has 0 amide bonds. The molecule has 8 nitrogen and oxygen atoms in total. The zero-order chi connectivity index (χ0) is 36.1. The maximum Gasteiger partial charge on any atom is 0.243 e. The molecule has 1 heterocycles. The summed E-state index contributed by atoms with van der Waals surface area (Å²) in [7, 11) is 3.23. The minimum atomic E-state index is -4.25. The van der Waals surface area contributed by atoms with E-state index in [4.69, 9.17) is 16.3 Å². The van der Waals surface area contributed by atoms with Gasteiger partial charge < -0.3 is 14.3 Å². The van der Waals surface area contributed by atoms with Gasteiger partial charge >= 0.3 is 0 Å². The Hall–Kier alpha value is -3.07. The molecule has 0 spiro atoms. The van der Waals surface area contributed by atoms with Gasteiger partial charge in [-0.05, 0) is 60.5 Å². The Labute approximate surface area is 296 Å². The summed E-state index contributed by atoms with van der Waals surface area (Å²) in [5.41, 5.74) is 1.15. The number of thioether (sulfide) groups is 1. The van der Waals surface area contributed by atoms with E-state index in [1.54, 1.807) is 29.0 Å². The minimum Gasteiger partial charge on any atom is -0.495 e. The van der Waals surface area contributed by atoms with Gasteiger partial charge in [0.05, 0.1) is 56.6 Å². The fourth-order valence-electron chi connectivity index (χ4n) is 5.39. The lowest BCUT2D eigenvalue weighted by atomic mass is 9.81. The molecule has 0 aliphatic heterocycles. The van der Waals surface area contributed by atoms with Crippen LogP contribution in [0.15, 0.2) is 70.8 Å². The Morgan fingerprint density at radius 3 is 2.22 bits per heavy atom. The highest BCUT2D eigenvalue weighted by Gasteiger charge is 2.31. The zero-order valence-corrected chi connectivity index (χ0v) is 30.9. The van der Waals surface area contributed by atoms with E-state index in [9.17, 15) is 17.9 Å². The molecule has 0 aliphatic rings. The molecule has 4 rings (SSSR count). The lowest BCUT2D eigenvalue weighted by molar-refractivity contribution is -0.870. The molecule has 3 aromatic carbocycles. The summed E-state index contributed by atoms with van der Waals surface area (Å²) in [4.78, 5) is 4.11. The van der Waals surface area contributed by atoms with Crippen LogP contribution in [0.5, 0.6) is 5.75 Å². The predicted molar refractivity (Wildman–Crippen MR) is 188 cm³/mol. The molecule has 4 aromatic rings. The molecule has 0 unspecified atom stereocenters. The monoisotopic (exact) mass is 739 g/mol. The first-order valence-electron chi connectivity index (χ1n) is 15.7. The summed E-state index contributed by atoms with van der Waals surface area (Å²) >= 11 is 7.34. The van der Waals surface area contributed by atoms with Crippen LogP contribution in [0.2, 0.25) is 5.02 Å². The van der Waals surface area contributed by atoms with E-state index >= 15 is 8.78 Å². The second-order valence-corrected chi connectivity index (χ2v) is 16.5. The molecule has 14 heteroatoms. The van der Waals surface area contributed by atoms with Gasteiger partial charge in [0, 0.05) is 48.5 Å². The third-order valence-electron chi connectivity index (χ3n) is 8.23. The van der Waals surface area contributed by atoms with Crippen LogP contribution in [0.3, 0.4) is 0 Å². The highest BCUT2D eigenvalue weighted by molar-refractivity contribution is 7.98. The van der Waals surface area contributed by atoms with Crippen LogP contribution in [0, 0.1) is 17.5 Å². The van der Waals surface area contributed by atoms with Crippen molar-refractivity contribution in [2.75, 3.05) is 54.5 Å². The van der Waals surface area contributed by atoms with E-state index in [0.717, 1.165) is 29.5 Å². The summed E-state index contributed by atoms with van der Waals surface area (Å²) in [6.45, 7) is 4.58. The number of imidazole rings is 1. The first-order chi connectivity index (χ1) is 23.0. The van der Waals surface area contributed by atoms with Gasteiger partial charge in [-0.15, -0.1) is 0 Å². The summed E-state index contributed by atoms with van der Waals surface area (Å²) in [6.07, 6.45) is 2.38. The smallest absolute Gasteiger partial charge is 0.243 e. The van der Waals surface area contributed by atoms with Crippen LogP contribution in [-0.4, -0.2) is 86.4 Å².